The van der Waals surface area contributed by atoms with E-state index in [0.29, 0.717) is 38.1 Å². The number of aliphatic hydroxyl groups is 1. The van der Waals surface area contributed by atoms with Crippen LogP contribution in [0.25, 0.3) is 0 Å². The molecule has 1 N–H and O–H groups in total. The molecule has 0 amide bonds. The van der Waals surface area contributed by atoms with Gasteiger partial charge in [0.25, 0.3) is 0 Å². The first kappa shape index (κ1) is 11.2. The van der Waals surface area contributed by atoms with Gasteiger partial charge in [-0.15, -0.1) is 0 Å². The highest BCUT2D eigenvalue weighted by molar-refractivity contribution is 5.15. The molecule has 1 aromatic rings. The van der Waals surface area contributed by atoms with Gasteiger partial charge in [0.2, 0.25) is 0 Å². The first-order valence-electron chi connectivity index (χ1n) is 6.11. The zero-order valence-corrected chi connectivity index (χ0v) is 10.3. The van der Waals surface area contributed by atoms with E-state index in [1.807, 2.05) is 19.3 Å². The highest BCUT2D eigenvalue weighted by Gasteiger charge is 2.46. The fourth-order valence-corrected chi connectivity index (χ4v) is 3.01. The van der Waals surface area contributed by atoms with Crippen molar-refractivity contribution in [3.63, 3.8) is 0 Å². The Morgan fingerprint density at radius 1 is 1.35 bits per heavy atom. The largest absolute Gasteiger partial charge is 0.383 e. The van der Waals surface area contributed by atoms with E-state index in [1.165, 1.54) is 0 Å². The van der Waals surface area contributed by atoms with Gasteiger partial charge >= 0.3 is 0 Å². The lowest BCUT2D eigenvalue weighted by Crippen LogP contribution is -2.59. The summed E-state index contributed by atoms with van der Waals surface area (Å²) in [7, 11) is 4.00. The van der Waals surface area contributed by atoms with Crippen LogP contribution in [0, 0.1) is 0 Å². The summed E-state index contributed by atoms with van der Waals surface area (Å²) in [6, 6.07) is 2.52. The minimum Gasteiger partial charge on any atom is -0.383 e. The molecule has 2 aliphatic rings. The van der Waals surface area contributed by atoms with Crippen molar-refractivity contribution in [2.45, 2.75) is 30.5 Å². The van der Waals surface area contributed by atoms with E-state index in [1.54, 1.807) is 4.68 Å². The summed E-state index contributed by atoms with van der Waals surface area (Å²) in [5.74, 6) is 0. The fourth-order valence-electron chi connectivity index (χ4n) is 3.01. The van der Waals surface area contributed by atoms with Gasteiger partial charge in [-0.25, -0.2) is 0 Å². The molecule has 0 aromatic carbocycles. The average molecular weight is 237 g/mol. The van der Waals surface area contributed by atoms with Crippen molar-refractivity contribution in [1.82, 2.24) is 14.7 Å². The zero-order chi connectivity index (χ0) is 12.0. The molecule has 5 heteroatoms. The molecule has 3 heterocycles. The van der Waals surface area contributed by atoms with Crippen LogP contribution in [0.2, 0.25) is 0 Å². The van der Waals surface area contributed by atoms with Crippen molar-refractivity contribution in [3.05, 3.63) is 18.0 Å². The van der Waals surface area contributed by atoms with Gasteiger partial charge in [-0.1, -0.05) is 0 Å². The molecular weight excluding hydrogens is 218 g/mol. The van der Waals surface area contributed by atoms with Crippen LogP contribution in [0.1, 0.15) is 18.5 Å². The number of piperidine rings is 1. The number of rotatable bonds is 1. The number of aromatic nitrogens is 2. The summed E-state index contributed by atoms with van der Waals surface area (Å²) >= 11 is 0. The maximum absolute atomic E-state index is 10.8. The van der Waals surface area contributed by atoms with Gasteiger partial charge in [0, 0.05) is 25.3 Å². The van der Waals surface area contributed by atoms with Gasteiger partial charge in [-0.2, -0.15) is 5.10 Å². The molecule has 2 atom stereocenters. The van der Waals surface area contributed by atoms with Gasteiger partial charge in [0.15, 0.2) is 0 Å². The highest BCUT2D eigenvalue weighted by atomic mass is 16.5. The molecule has 0 radical (unpaired) electrons. The number of aryl methyl sites for hydroxylation is 1. The lowest BCUT2D eigenvalue weighted by molar-refractivity contribution is -0.139. The lowest BCUT2D eigenvalue weighted by atomic mass is 9.79. The maximum Gasteiger partial charge on any atom is 0.111 e. The van der Waals surface area contributed by atoms with Crippen LogP contribution in [0.15, 0.2) is 12.3 Å². The Hall–Kier alpha value is -0.910. The molecule has 3 rings (SSSR count). The summed E-state index contributed by atoms with van der Waals surface area (Å²) in [5.41, 5.74) is 0.0115. The third-order valence-corrected chi connectivity index (χ3v) is 4.11. The molecule has 2 aliphatic heterocycles. The predicted molar refractivity (Wildman–Crippen MR) is 62.5 cm³/mol. The Balaban J connectivity index is 1.89. The van der Waals surface area contributed by atoms with E-state index in [0.717, 1.165) is 5.69 Å². The third-order valence-electron chi connectivity index (χ3n) is 4.11. The molecular formula is C12H19N3O2. The standard InChI is InChI=1S/C12H19N3O2/c1-14-4-3-11(13-14)12(16)5-9-7-17-8-10(6-12)15(9)2/h3-4,9-10,16H,5-8H2,1-2H3. The van der Waals surface area contributed by atoms with Crippen LogP contribution in [0.5, 0.6) is 0 Å². The lowest BCUT2D eigenvalue weighted by Gasteiger charge is -2.49. The van der Waals surface area contributed by atoms with Crippen molar-refractivity contribution in [1.29, 1.82) is 0 Å². The Morgan fingerprint density at radius 2 is 2.00 bits per heavy atom. The number of hydrogen-bond acceptors (Lipinski definition) is 4. The van der Waals surface area contributed by atoms with Crippen LogP contribution in [-0.4, -0.2) is 52.1 Å². The van der Waals surface area contributed by atoms with Gasteiger partial charge in [-0.3, -0.25) is 9.58 Å². The second-order valence-electron chi connectivity index (χ2n) is 5.33. The van der Waals surface area contributed by atoms with Crippen LogP contribution in [0.4, 0.5) is 0 Å². The van der Waals surface area contributed by atoms with Crippen LogP contribution in [-0.2, 0) is 17.4 Å². The molecule has 2 saturated heterocycles. The summed E-state index contributed by atoms with van der Waals surface area (Å²) in [5, 5.41) is 15.2. The topological polar surface area (TPSA) is 50.5 Å². The molecule has 94 valence electrons. The minimum atomic E-state index is -0.785. The smallest absolute Gasteiger partial charge is 0.111 e. The number of nitrogens with zero attached hydrogens (tertiary/aromatic N) is 3. The van der Waals surface area contributed by atoms with Gasteiger partial charge < -0.3 is 9.84 Å². The molecule has 5 nitrogen and oxygen atoms in total. The molecule has 1 aromatic heterocycles. The SMILES string of the molecule is CN1C2COCC1CC(O)(c1ccn(C)n1)C2. The van der Waals surface area contributed by atoms with Gasteiger partial charge in [0.1, 0.15) is 5.60 Å². The summed E-state index contributed by atoms with van der Waals surface area (Å²) < 4.78 is 7.31. The molecule has 2 unspecified atom stereocenters. The Morgan fingerprint density at radius 3 is 2.53 bits per heavy atom. The number of hydrogen-bond donors (Lipinski definition) is 1. The zero-order valence-electron chi connectivity index (χ0n) is 10.3. The number of ether oxygens (including phenoxy) is 1. The number of morpholine rings is 1. The van der Waals surface area contributed by atoms with Gasteiger partial charge in [-0.05, 0) is 26.0 Å². The molecule has 17 heavy (non-hydrogen) atoms. The fraction of sp³-hybridized carbons (Fsp3) is 0.750. The first-order chi connectivity index (χ1) is 8.08. The second kappa shape index (κ2) is 3.80. The normalized spacial score (nSPS) is 38.3. The van der Waals surface area contributed by atoms with Crippen molar-refractivity contribution in [3.8, 4) is 0 Å². The Labute approximate surface area is 101 Å². The third kappa shape index (κ3) is 1.78. The molecule has 0 spiro atoms. The molecule has 2 bridgehead atoms. The second-order valence-corrected chi connectivity index (χ2v) is 5.33. The summed E-state index contributed by atoms with van der Waals surface area (Å²) in [4.78, 5) is 2.33. The van der Waals surface area contributed by atoms with E-state index in [4.69, 9.17) is 4.74 Å². The highest BCUT2D eigenvalue weighted by Crippen LogP contribution is 2.39. The van der Waals surface area contributed by atoms with Crippen LogP contribution in [0.3, 0.4) is 0 Å². The Kier molecular flexibility index (Phi) is 2.50. The minimum absolute atomic E-state index is 0.300. The first-order valence-corrected chi connectivity index (χ1v) is 6.11. The van der Waals surface area contributed by atoms with E-state index in [9.17, 15) is 5.11 Å². The van der Waals surface area contributed by atoms with Gasteiger partial charge in [0.05, 0.1) is 18.9 Å². The van der Waals surface area contributed by atoms with E-state index in [-0.39, 0.29) is 0 Å². The van der Waals surface area contributed by atoms with Crippen molar-refractivity contribution < 1.29 is 9.84 Å². The van der Waals surface area contributed by atoms with E-state index >= 15 is 0 Å². The van der Waals surface area contributed by atoms with Crippen LogP contribution >= 0.6 is 0 Å². The maximum atomic E-state index is 10.8. The quantitative estimate of drug-likeness (QED) is 0.752. The number of likely N-dealkylation sites (N-methyl/N-ethyl adjacent to an activating group) is 1. The summed E-state index contributed by atoms with van der Waals surface area (Å²) in [6.45, 7) is 1.42. The molecule has 0 aliphatic carbocycles. The van der Waals surface area contributed by atoms with Crippen molar-refractivity contribution in [2.24, 2.45) is 7.05 Å². The van der Waals surface area contributed by atoms with E-state index < -0.39 is 5.60 Å². The monoisotopic (exact) mass is 237 g/mol. The van der Waals surface area contributed by atoms with Crippen LogP contribution < -0.4 is 0 Å². The molecule has 0 saturated carbocycles. The van der Waals surface area contributed by atoms with E-state index in [2.05, 4.69) is 17.0 Å². The average Bonchev–Trinajstić information content (AvgIpc) is 2.68. The predicted octanol–water partition coefficient (Wildman–Crippen LogP) is 0.101. The van der Waals surface area contributed by atoms with Crippen molar-refractivity contribution in [2.75, 3.05) is 20.3 Å². The number of fused-ring (bicyclic) bond motifs is 2. The molecule has 2 fully saturated rings. The Bertz CT molecular complexity index is 404. The van der Waals surface area contributed by atoms with Crippen molar-refractivity contribution >= 4 is 0 Å². The summed E-state index contributed by atoms with van der Waals surface area (Å²) in [6.07, 6.45) is 3.30.